The molecule has 4 aromatic rings. The summed E-state index contributed by atoms with van der Waals surface area (Å²) in [6.07, 6.45) is 3.78. The van der Waals surface area contributed by atoms with Gasteiger partial charge in [0.1, 0.15) is 0 Å². The van der Waals surface area contributed by atoms with Gasteiger partial charge in [-0.2, -0.15) is 10.2 Å². The predicted octanol–water partition coefficient (Wildman–Crippen LogP) is 3.81. The van der Waals surface area contributed by atoms with Gasteiger partial charge in [0, 0.05) is 37.1 Å². The second-order valence-electron chi connectivity index (χ2n) is 6.33. The summed E-state index contributed by atoms with van der Waals surface area (Å²) in [6, 6.07) is 19.9. The largest absolute Gasteiger partial charge is 0.346 e. The maximum Gasteiger partial charge on any atom is 0.273 e. The summed E-state index contributed by atoms with van der Waals surface area (Å²) in [4.78, 5) is 12.6. The molecule has 0 saturated carbocycles. The Morgan fingerprint density at radius 1 is 1.00 bits per heavy atom. The van der Waals surface area contributed by atoms with E-state index in [1.807, 2.05) is 77.7 Å². The van der Waals surface area contributed by atoms with Gasteiger partial charge in [0.25, 0.3) is 5.91 Å². The van der Waals surface area contributed by atoms with E-state index in [1.165, 1.54) is 0 Å². The highest BCUT2D eigenvalue weighted by atomic mass is 127. The number of benzene rings is 2. The number of hydrogen-bond donors (Lipinski definition) is 1. The van der Waals surface area contributed by atoms with Gasteiger partial charge in [-0.1, -0.05) is 48.5 Å². The normalized spacial score (nSPS) is 10.8. The van der Waals surface area contributed by atoms with Gasteiger partial charge in [0.2, 0.25) is 0 Å². The highest BCUT2D eigenvalue weighted by molar-refractivity contribution is 14.1. The van der Waals surface area contributed by atoms with E-state index in [9.17, 15) is 4.79 Å². The highest BCUT2D eigenvalue weighted by Crippen LogP contribution is 2.23. The maximum atomic E-state index is 12.6. The van der Waals surface area contributed by atoms with Crippen molar-refractivity contribution in [2.75, 3.05) is 0 Å². The summed E-state index contributed by atoms with van der Waals surface area (Å²) in [7, 11) is 1.80. The van der Waals surface area contributed by atoms with Crippen molar-refractivity contribution in [2.45, 2.75) is 6.54 Å². The minimum absolute atomic E-state index is 0.198. The van der Waals surface area contributed by atoms with Gasteiger partial charge in [0.05, 0.1) is 15.0 Å². The van der Waals surface area contributed by atoms with Crippen LogP contribution in [0.2, 0.25) is 0 Å². The van der Waals surface area contributed by atoms with Crippen molar-refractivity contribution in [1.29, 1.82) is 0 Å². The van der Waals surface area contributed by atoms with Crippen molar-refractivity contribution < 1.29 is 4.79 Å². The molecule has 0 bridgehead atoms. The fourth-order valence-corrected chi connectivity index (χ4v) is 3.72. The third-order valence-electron chi connectivity index (χ3n) is 4.30. The third kappa shape index (κ3) is 3.84. The van der Waals surface area contributed by atoms with Crippen LogP contribution >= 0.6 is 22.6 Å². The molecule has 1 N–H and O–H groups in total. The monoisotopic (exact) mass is 483 g/mol. The molecule has 1 amide bonds. The first-order chi connectivity index (χ1) is 13.6. The summed E-state index contributed by atoms with van der Waals surface area (Å²) < 4.78 is 4.30. The minimum Gasteiger partial charge on any atom is -0.346 e. The molecule has 4 rings (SSSR count). The lowest BCUT2D eigenvalue weighted by molar-refractivity contribution is 0.0944. The predicted molar refractivity (Wildman–Crippen MR) is 116 cm³/mol. The molecular formula is C21H18IN5O. The summed E-state index contributed by atoms with van der Waals surface area (Å²) in [5.74, 6) is -0.198. The van der Waals surface area contributed by atoms with Crippen molar-refractivity contribution in [3.63, 3.8) is 0 Å². The zero-order chi connectivity index (χ0) is 19.5. The van der Waals surface area contributed by atoms with Crippen LogP contribution in [0.15, 0.2) is 73.1 Å². The molecule has 2 aromatic heterocycles. The molecule has 6 nitrogen and oxygen atoms in total. The number of aryl methyl sites for hydroxylation is 1. The standard InChI is InChI=1S/C21H18IN5O/c1-26-14-18(22)20(24-26)21(28)23-12-16-13-27(17-10-6-3-7-11-17)25-19(16)15-8-4-2-5-9-15/h2-11,13-14H,12H2,1H3,(H,23,28). The number of nitrogens with one attached hydrogen (secondary N) is 1. The molecule has 0 spiro atoms. The highest BCUT2D eigenvalue weighted by Gasteiger charge is 2.17. The van der Waals surface area contributed by atoms with Crippen LogP contribution in [0.5, 0.6) is 0 Å². The number of nitrogens with zero attached hydrogens (tertiary/aromatic N) is 4. The van der Waals surface area contributed by atoms with Crippen LogP contribution in [0.1, 0.15) is 16.1 Å². The van der Waals surface area contributed by atoms with Crippen LogP contribution in [-0.2, 0) is 13.6 Å². The lowest BCUT2D eigenvalue weighted by Crippen LogP contribution is -2.24. The fraction of sp³-hybridized carbons (Fsp3) is 0.0952. The first-order valence-electron chi connectivity index (χ1n) is 8.78. The zero-order valence-electron chi connectivity index (χ0n) is 15.2. The molecule has 7 heteroatoms. The van der Waals surface area contributed by atoms with E-state index in [0.29, 0.717) is 12.2 Å². The van der Waals surface area contributed by atoms with Crippen LogP contribution < -0.4 is 5.32 Å². The molecule has 2 aromatic carbocycles. The Hall–Kier alpha value is -2.94. The van der Waals surface area contributed by atoms with Gasteiger partial charge in [0.15, 0.2) is 5.69 Å². The van der Waals surface area contributed by atoms with Gasteiger partial charge in [-0.25, -0.2) is 4.68 Å². The van der Waals surface area contributed by atoms with E-state index < -0.39 is 0 Å². The van der Waals surface area contributed by atoms with E-state index in [1.54, 1.807) is 11.7 Å². The van der Waals surface area contributed by atoms with Crippen molar-refractivity contribution in [2.24, 2.45) is 7.05 Å². The number of halogens is 1. The lowest BCUT2D eigenvalue weighted by Gasteiger charge is -2.04. The number of rotatable bonds is 5. The number of amides is 1. The summed E-state index contributed by atoms with van der Waals surface area (Å²) in [5.41, 5.74) is 4.19. The molecule has 0 unspecified atom stereocenters. The van der Waals surface area contributed by atoms with Crippen molar-refractivity contribution in [3.8, 4) is 16.9 Å². The maximum absolute atomic E-state index is 12.6. The minimum atomic E-state index is -0.198. The molecular weight excluding hydrogens is 465 g/mol. The summed E-state index contributed by atoms with van der Waals surface area (Å²) in [5, 5.41) is 12.0. The number of hydrogen-bond acceptors (Lipinski definition) is 3. The van der Waals surface area contributed by atoms with Crippen LogP contribution in [0, 0.1) is 3.57 Å². The molecule has 140 valence electrons. The van der Waals surface area contributed by atoms with Crippen LogP contribution in [0.4, 0.5) is 0 Å². The number of carbonyl (C=O) groups excluding carboxylic acids is 1. The van der Waals surface area contributed by atoms with Crippen molar-refractivity contribution >= 4 is 28.5 Å². The fourth-order valence-electron chi connectivity index (χ4n) is 2.96. The Morgan fingerprint density at radius 2 is 1.68 bits per heavy atom. The quantitative estimate of drug-likeness (QED) is 0.440. The Kier molecular flexibility index (Phi) is 5.25. The van der Waals surface area contributed by atoms with Crippen LogP contribution in [-0.4, -0.2) is 25.5 Å². The molecule has 0 aliphatic heterocycles. The van der Waals surface area contributed by atoms with Gasteiger partial charge in [-0.15, -0.1) is 0 Å². The Bertz CT molecular complexity index is 1100. The summed E-state index contributed by atoms with van der Waals surface area (Å²) >= 11 is 2.12. The van der Waals surface area contributed by atoms with Gasteiger partial charge in [-0.3, -0.25) is 9.48 Å². The molecule has 0 aliphatic rings. The van der Waals surface area contributed by atoms with Crippen LogP contribution in [0.25, 0.3) is 16.9 Å². The number of carbonyl (C=O) groups is 1. The first-order valence-corrected chi connectivity index (χ1v) is 9.86. The van der Waals surface area contributed by atoms with Crippen molar-refractivity contribution in [1.82, 2.24) is 24.9 Å². The Morgan fingerprint density at radius 3 is 2.32 bits per heavy atom. The second-order valence-corrected chi connectivity index (χ2v) is 7.49. The molecule has 0 saturated heterocycles. The molecule has 0 aliphatic carbocycles. The Balaban J connectivity index is 1.64. The van der Waals surface area contributed by atoms with Crippen LogP contribution in [0.3, 0.4) is 0 Å². The lowest BCUT2D eigenvalue weighted by atomic mass is 10.1. The van der Waals surface area contributed by atoms with Crippen molar-refractivity contribution in [3.05, 3.63) is 87.9 Å². The SMILES string of the molecule is Cn1cc(I)c(C(=O)NCc2cn(-c3ccccc3)nc2-c2ccccc2)n1. The average molecular weight is 483 g/mol. The molecule has 0 fully saturated rings. The molecule has 28 heavy (non-hydrogen) atoms. The topological polar surface area (TPSA) is 64.7 Å². The van der Waals surface area contributed by atoms with Gasteiger partial charge < -0.3 is 5.32 Å². The molecule has 2 heterocycles. The number of aromatic nitrogens is 4. The first kappa shape index (κ1) is 18.4. The number of para-hydroxylation sites is 1. The van der Waals surface area contributed by atoms with Gasteiger partial charge in [-0.05, 0) is 34.7 Å². The van der Waals surface area contributed by atoms with E-state index in [0.717, 1.165) is 26.1 Å². The third-order valence-corrected chi connectivity index (χ3v) is 5.09. The average Bonchev–Trinajstić information content (AvgIpc) is 3.30. The van der Waals surface area contributed by atoms with Gasteiger partial charge >= 0.3 is 0 Å². The summed E-state index contributed by atoms with van der Waals surface area (Å²) in [6.45, 7) is 0.364. The van der Waals surface area contributed by atoms with E-state index >= 15 is 0 Å². The Labute approximate surface area is 176 Å². The zero-order valence-corrected chi connectivity index (χ0v) is 17.4. The second kappa shape index (κ2) is 7.97. The molecule has 0 radical (unpaired) electrons. The smallest absolute Gasteiger partial charge is 0.273 e. The molecule has 0 atom stereocenters. The van der Waals surface area contributed by atoms with E-state index in [2.05, 4.69) is 33.0 Å². The van der Waals surface area contributed by atoms with E-state index in [4.69, 9.17) is 5.10 Å². The van der Waals surface area contributed by atoms with E-state index in [-0.39, 0.29) is 5.91 Å².